The highest BCUT2D eigenvalue weighted by molar-refractivity contribution is 7.59. The van der Waals surface area contributed by atoms with Crippen molar-refractivity contribution in [1.29, 1.82) is 0 Å². The van der Waals surface area contributed by atoms with Crippen LogP contribution in [0.4, 0.5) is 21.5 Å². The van der Waals surface area contributed by atoms with Crippen molar-refractivity contribution in [1.82, 2.24) is 29.7 Å². The maximum atomic E-state index is 12.6. The van der Waals surface area contributed by atoms with E-state index >= 15 is 0 Å². The van der Waals surface area contributed by atoms with Crippen molar-refractivity contribution in [2.75, 3.05) is 36.8 Å². The number of rotatable bonds is 8. The Labute approximate surface area is 297 Å². The van der Waals surface area contributed by atoms with Crippen LogP contribution in [0.25, 0.3) is 22.3 Å². The van der Waals surface area contributed by atoms with Gasteiger partial charge in [-0.2, -0.15) is 27.0 Å². The molecule has 0 aliphatic carbocycles. The van der Waals surface area contributed by atoms with Crippen molar-refractivity contribution in [2.24, 2.45) is 0 Å². The molecule has 0 bridgehead atoms. The number of carbonyl (C=O) groups is 2. The molecule has 0 spiro atoms. The predicted molar refractivity (Wildman–Crippen MR) is 198 cm³/mol. The number of nitrogens with one attached hydrogen (secondary N) is 2. The number of ether oxygens (including phenoxy) is 2. The Morgan fingerprint density at radius 1 is 0.646 bits per heavy atom. The standard InChI is InChI=1S/C34H46N8O4.2H2S/c1-33(2,3)45-31(43)41-15-7-9-27(41)21-39-29-35-17-25(18-36-29)23-11-13-24(14-12-23)26-19-37-30(38-20-26)40-22-28-10-8-16-42(28)32(44)46-34(4,5)6;;/h11-14,17-20,27-28H,7-10,15-16,21-22H2,1-6H3,(H,35,36,39)(H,37,38,40);2*1H2/t27-,28-;;/m0../s1. The van der Waals surface area contributed by atoms with Gasteiger partial charge in [-0.1, -0.05) is 24.3 Å². The molecule has 2 aliphatic heterocycles. The third-order valence-corrected chi connectivity index (χ3v) is 7.86. The Bertz CT molecular complexity index is 1370. The zero-order valence-electron chi connectivity index (χ0n) is 28.7. The van der Waals surface area contributed by atoms with Crippen LogP contribution in [0.1, 0.15) is 67.2 Å². The Morgan fingerprint density at radius 2 is 0.979 bits per heavy atom. The van der Waals surface area contributed by atoms with E-state index in [4.69, 9.17) is 9.47 Å². The van der Waals surface area contributed by atoms with Crippen LogP contribution < -0.4 is 10.6 Å². The molecule has 0 unspecified atom stereocenters. The van der Waals surface area contributed by atoms with Gasteiger partial charge in [0.25, 0.3) is 0 Å². The highest BCUT2D eigenvalue weighted by atomic mass is 32.1. The van der Waals surface area contributed by atoms with Crippen LogP contribution in [0.15, 0.2) is 49.1 Å². The van der Waals surface area contributed by atoms with Crippen LogP contribution in [0.2, 0.25) is 0 Å². The van der Waals surface area contributed by atoms with E-state index in [1.165, 1.54) is 0 Å². The summed E-state index contributed by atoms with van der Waals surface area (Å²) in [6.07, 6.45) is 10.4. The first-order chi connectivity index (χ1) is 21.8. The van der Waals surface area contributed by atoms with Gasteiger partial charge < -0.3 is 29.9 Å². The van der Waals surface area contributed by atoms with Crippen LogP contribution >= 0.6 is 27.0 Å². The fourth-order valence-electron chi connectivity index (χ4n) is 5.63. The number of amides is 2. The molecule has 3 aromatic rings. The first kappa shape index (κ1) is 38.7. The van der Waals surface area contributed by atoms with E-state index in [2.05, 4.69) is 30.6 Å². The smallest absolute Gasteiger partial charge is 0.410 e. The van der Waals surface area contributed by atoms with Crippen molar-refractivity contribution >= 4 is 51.1 Å². The predicted octanol–water partition coefficient (Wildman–Crippen LogP) is 6.45. The molecule has 2 aromatic heterocycles. The molecule has 48 heavy (non-hydrogen) atoms. The fraction of sp³-hybridized carbons (Fsp3) is 0.529. The number of hydrogen-bond donors (Lipinski definition) is 2. The quantitative estimate of drug-likeness (QED) is 0.270. The van der Waals surface area contributed by atoms with Crippen LogP contribution in [0.5, 0.6) is 0 Å². The van der Waals surface area contributed by atoms with Crippen molar-refractivity contribution in [3.8, 4) is 22.3 Å². The van der Waals surface area contributed by atoms with E-state index in [1.807, 2.05) is 65.8 Å². The molecule has 5 rings (SSSR count). The number of nitrogens with zero attached hydrogens (tertiary/aromatic N) is 6. The number of aromatic nitrogens is 4. The van der Waals surface area contributed by atoms with Gasteiger partial charge in [0, 0.05) is 62.1 Å². The number of benzene rings is 1. The molecular formula is C34H50N8O4S2. The van der Waals surface area contributed by atoms with Gasteiger partial charge in [0.15, 0.2) is 0 Å². The van der Waals surface area contributed by atoms with Gasteiger partial charge in [0.1, 0.15) is 11.2 Å². The summed E-state index contributed by atoms with van der Waals surface area (Å²) in [5, 5.41) is 6.55. The van der Waals surface area contributed by atoms with Crippen LogP contribution in [-0.2, 0) is 9.47 Å². The van der Waals surface area contributed by atoms with Crippen molar-refractivity contribution in [2.45, 2.75) is 90.5 Å². The topological polar surface area (TPSA) is 135 Å². The molecule has 0 radical (unpaired) electrons. The van der Waals surface area contributed by atoms with Crippen LogP contribution in [0, 0.1) is 0 Å². The molecule has 14 heteroatoms. The minimum atomic E-state index is -0.519. The van der Waals surface area contributed by atoms with E-state index in [9.17, 15) is 9.59 Å². The summed E-state index contributed by atoms with van der Waals surface area (Å²) < 4.78 is 11.1. The molecule has 0 saturated carbocycles. The maximum absolute atomic E-state index is 12.6. The molecule has 2 N–H and O–H groups in total. The lowest BCUT2D eigenvalue weighted by atomic mass is 10.0. The highest BCUT2D eigenvalue weighted by Gasteiger charge is 2.33. The summed E-state index contributed by atoms with van der Waals surface area (Å²) >= 11 is 0. The monoisotopic (exact) mass is 698 g/mol. The van der Waals surface area contributed by atoms with Gasteiger partial charge in [0.2, 0.25) is 11.9 Å². The minimum Gasteiger partial charge on any atom is -0.444 e. The Kier molecular flexibility index (Phi) is 13.3. The lowest BCUT2D eigenvalue weighted by Gasteiger charge is -2.28. The lowest BCUT2D eigenvalue weighted by Crippen LogP contribution is -2.42. The largest absolute Gasteiger partial charge is 0.444 e. The average Bonchev–Trinajstić information content (AvgIpc) is 3.68. The second-order valence-electron chi connectivity index (χ2n) is 13.9. The van der Waals surface area contributed by atoms with E-state index in [1.54, 1.807) is 34.6 Å². The highest BCUT2D eigenvalue weighted by Crippen LogP contribution is 2.26. The Morgan fingerprint density at radius 3 is 1.29 bits per heavy atom. The van der Waals surface area contributed by atoms with Gasteiger partial charge in [-0.3, -0.25) is 0 Å². The van der Waals surface area contributed by atoms with Crippen molar-refractivity contribution in [3.05, 3.63) is 49.1 Å². The molecular weight excluding hydrogens is 649 g/mol. The molecule has 2 atom stereocenters. The van der Waals surface area contributed by atoms with E-state index in [-0.39, 0.29) is 51.3 Å². The molecule has 4 heterocycles. The minimum absolute atomic E-state index is 0. The Balaban J connectivity index is 0.00000312. The van der Waals surface area contributed by atoms with Crippen LogP contribution in [0.3, 0.4) is 0 Å². The summed E-state index contributed by atoms with van der Waals surface area (Å²) in [5.41, 5.74) is 2.75. The number of likely N-dealkylation sites (tertiary alicyclic amines) is 2. The molecule has 2 saturated heterocycles. The summed E-state index contributed by atoms with van der Waals surface area (Å²) in [5.74, 6) is 1.04. The molecule has 12 nitrogen and oxygen atoms in total. The zero-order valence-corrected chi connectivity index (χ0v) is 30.7. The number of anilines is 2. The second kappa shape index (κ2) is 16.6. The summed E-state index contributed by atoms with van der Waals surface area (Å²) in [4.78, 5) is 46.7. The summed E-state index contributed by atoms with van der Waals surface area (Å²) in [7, 11) is 0. The van der Waals surface area contributed by atoms with Crippen molar-refractivity contribution < 1.29 is 19.1 Å². The second-order valence-corrected chi connectivity index (χ2v) is 13.9. The van der Waals surface area contributed by atoms with Crippen molar-refractivity contribution in [3.63, 3.8) is 0 Å². The normalized spacial score (nSPS) is 17.6. The van der Waals surface area contributed by atoms with Gasteiger partial charge in [0.05, 0.1) is 12.1 Å². The Hall–Kier alpha value is -3.78. The molecule has 2 amide bonds. The van der Waals surface area contributed by atoms with Gasteiger partial charge in [-0.15, -0.1) is 0 Å². The first-order valence-electron chi connectivity index (χ1n) is 16.1. The average molecular weight is 699 g/mol. The molecule has 262 valence electrons. The third-order valence-electron chi connectivity index (χ3n) is 7.86. The molecule has 1 aromatic carbocycles. The van der Waals surface area contributed by atoms with E-state index < -0.39 is 11.2 Å². The lowest BCUT2D eigenvalue weighted by molar-refractivity contribution is 0.0224. The van der Waals surface area contributed by atoms with Gasteiger partial charge in [-0.05, 0) is 78.4 Å². The van der Waals surface area contributed by atoms with Gasteiger partial charge in [-0.25, -0.2) is 29.5 Å². The maximum Gasteiger partial charge on any atom is 0.410 e. The zero-order chi connectivity index (χ0) is 32.9. The molecule has 2 aliphatic rings. The summed E-state index contributed by atoms with van der Waals surface area (Å²) in [6.45, 7) is 13.8. The summed E-state index contributed by atoms with van der Waals surface area (Å²) in [6, 6.07) is 8.18. The van der Waals surface area contributed by atoms with Crippen LogP contribution in [-0.4, -0.2) is 91.4 Å². The van der Waals surface area contributed by atoms with E-state index in [0.29, 0.717) is 38.1 Å². The molecule has 2 fully saturated rings. The van der Waals surface area contributed by atoms with Gasteiger partial charge >= 0.3 is 12.2 Å². The SMILES string of the molecule is CC(C)(C)OC(=O)N1CCC[C@H]1CNc1ncc(-c2ccc(-c3cnc(NC[C@@H]4CCCN4C(=O)OC(C)(C)C)nc3)cc2)cn1.S.S. The third kappa shape index (κ3) is 10.6. The number of carbonyl (C=O) groups excluding carboxylic acids is 2. The first-order valence-corrected chi connectivity index (χ1v) is 16.1. The fourth-order valence-corrected chi connectivity index (χ4v) is 5.63. The number of hydrogen-bond acceptors (Lipinski definition) is 10. The van der Waals surface area contributed by atoms with E-state index in [0.717, 1.165) is 47.9 Å².